The van der Waals surface area contributed by atoms with Crippen molar-refractivity contribution in [2.24, 2.45) is 11.7 Å². The van der Waals surface area contributed by atoms with Gasteiger partial charge in [-0.25, -0.2) is 0 Å². The number of rotatable bonds is 2. The van der Waals surface area contributed by atoms with Crippen LogP contribution in [0.1, 0.15) is 26.2 Å². The molecule has 0 aromatic carbocycles. The van der Waals surface area contributed by atoms with Gasteiger partial charge in [0, 0.05) is 25.2 Å². The van der Waals surface area contributed by atoms with Crippen LogP contribution >= 0.6 is 0 Å². The molecule has 4 heteroatoms. The Kier molecular flexibility index (Phi) is 4.40. The minimum absolute atomic E-state index is 0.0115. The first kappa shape index (κ1) is 13.6. The van der Waals surface area contributed by atoms with Gasteiger partial charge in [0.05, 0.1) is 5.92 Å². The lowest BCUT2D eigenvalue weighted by Crippen LogP contribution is -2.45. The molecular formula is C14H25N3O. The molecule has 102 valence electrons. The Hall–Kier alpha value is -0.870. The van der Waals surface area contributed by atoms with Gasteiger partial charge >= 0.3 is 0 Å². The van der Waals surface area contributed by atoms with Gasteiger partial charge in [-0.2, -0.15) is 0 Å². The molecule has 3 atom stereocenters. The Morgan fingerprint density at radius 1 is 1.39 bits per heavy atom. The Morgan fingerprint density at radius 2 is 2.17 bits per heavy atom. The quantitative estimate of drug-likeness (QED) is 0.740. The standard InChI is InChI=1S/C14H25N3O/c1-3-13-10-16(2)7-4-8-17(13)14(18)11-5-6-12(15)9-11/h5-6,11-13H,3-4,7-10,15H2,1-2H3. The highest BCUT2D eigenvalue weighted by atomic mass is 16.2. The summed E-state index contributed by atoms with van der Waals surface area (Å²) in [5.74, 6) is 0.291. The third-order valence-electron chi connectivity index (χ3n) is 4.09. The number of carbonyl (C=O) groups is 1. The van der Waals surface area contributed by atoms with Gasteiger partial charge in [-0.05, 0) is 32.9 Å². The van der Waals surface area contributed by atoms with E-state index in [0.717, 1.165) is 38.9 Å². The van der Waals surface area contributed by atoms with E-state index in [1.807, 2.05) is 12.2 Å². The third kappa shape index (κ3) is 2.93. The van der Waals surface area contributed by atoms with Crippen LogP contribution in [-0.2, 0) is 4.79 Å². The molecule has 0 aromatic heterocycles. The van der Waals surface area contributed by atoms with E-state index >= 15 is 0 Å². The summed E-state index contributed by atoms with van der Waals surface area (Å²) in [5.41, 5.74) is 5.85. The average molecular weight is 251 g/mol. The van der Waals surface area contributed by atoms with Crippen molar-refractivity contribution in [2.75, 3.05) is 26.7 Å². The zero-order chi connectivity index (χ0) is 13.1. The normalized spacial score (nSPS) is 33.7. The first-order valence-corrected chi connectivity index (χ1v) is 7.04. The Labute approximate surface area is 110 Å². The van der Waals surface area contributed by atoms with Crippen molar-refractivity contribution in [3.63, 3.8) is 0 Å². The van der Waals surface area contributed by atoms with Crippen molar-refractivity contribution in [1.29, 1.82) is 0 Å². The van der Waals surface area contributed by atoms with Crippen LogP contribution in [-0.4, -0.2) is 54.5 Å². The molecule has 0 bridgehead atoms. The van der Waals surface area contributed by atoms with Crippen molar-refractivity contribution in [3.05, 3.63) is 12.2 Å². The topological polar surface area (TPSA) is 49.6 Å². The number of amides is 1. The van der Waals surface area contributed by atoms with Gasteiger partial charge in [0.1, 0.15) is 0 Å². The van der Waals surface area contributed by atoms with Crippen molar-refractivity contribution in [1.82, 2.24) is 9.80 Å². The van der Waals surface area contributed by atoms with Gasteiger partial charge in [0.25, 0.3) is 0 Å². The van der Waals surface area contributed by atoms with Crippen LogP contribution in [0.2, 0.25) is 0 Å². The van der Waals surface area contributed by atoms with Crippen LogP contribution in [0.15, 0.2) is 12.2 Å². The molecule has 1 fully saturated rings. The maximum Gasteiger partial charge on any atom is 0.229 e. The van der Waals surface area contributed by atoms with Gasteiger partial charge in [0.2, 0.25) is 5.91 Å². The molecule has 2 rings (SSSR count). The largest absolute Gasteiger partial charge is 0.338 e. The van der Waals surface area contributed by atoms with E-state index in [1.54, 1.807) is 0 Å². The van der Waals surface area contributed by atoms with E-state index in [1.165, 1.54) is 0 Å². The summed E-state index contributed by atoms with van der Waals surface area (Å²) in [6.07, 6.45) is 6.84. The van der Waals surface area contributed by atoms with E-state index in [9.17, 15) is 4.79 Å². The number of hydrogen-bond donors (Lipinski definition) is 1. The van der Waals surface area contributed by atoms with Crippen LogP contribution in [0.4, 0.5) is 0 Å². The maximum absolute atomic E-state index is 12.6. The highest BCUT2D eigenvalue weighted by Gasteiger charge is 2.32. The van der Waals surface area contributed by atoms with Crippen molar-refractivity contribution >= 4 is 5.91 Å². The summed E-state index contributed by atoms with van der Waals surface area (Å²) in [6, 6.07) is 0.420. The lowest BCUT2D eigenvalue weighted by Gasteiger charge is -2.32. The van der Waals surface area contributed by atoms with Crippen LogP contribution in [0.5, 0.6) is 0 Å². The average Bonchev–Trinajstić information content (AvgIpc) is 2.68. The van der Waals surface area contributed by atoms with E-state index in [-0.39, 0.29) is 17.9 Å². The first-order valence-electron chi connectivity index (χ1n) is 7.04. The lowest BCUT2D eigenvalue weighted by molar-refractivity contribution is -0.136. The second kappa shape index (κ2) is 5.85. The summed E-state index contributed by atoms with van der Waals surface area (Å²) in [7, 11) is 2.14. The van der Waals surface area contributed by atoms with E-state index in [4.69, 9.17) is 5.73 Å². The van der Waals surface area contributed by atoms with Crippen molar-refractivity contribution < 1.29 is 4.79 Å². The van der Waals surface area contributed by atoms with Gasteiger partial charge in [-0.3, -0.25) is 4.79 Å². The summed E-state index contributed by atoms with van der Waals surface area (Å²) in [5, 5.41) is 0. The summed E-state index contributed by atoms with van der Waals surface area (Å²) < 4.78 is 0. The first-order chi connectivity index (χ1) is 8.61. The van der Waals surface area contributed by atoms with Crippen LogP contribution in [0, 0.1) is 5.92 Å². The highest BCUT2D eigenvalue weighted by Crippen LogP contribution is 2.22. The van der Waals surface area contributed by atoms with Crippen molar-refractivity contribution in [2.45, 2.75) is 38.3 Å². The molecule has 2 aliphatic rings. The molecule has 2 N–H and O–H groups in total. The molecule has 1 aliphatic heterocycles. The molecule has 1 amide bonds. The van der Waals surface area contributed by atoms with Crippen LogP contribution in [0.3, 0.4) is 0 Å². The minimum Gasteiger partial charge on any atom is -0.338 e. The number of carbonyl (C=O) groups excluding carboxylic acids is 1. The van der Waals surface area contributed by atoms with Gasteiger partial charge in [0.15, 0.2) is 0 Å². The zero-order valence-electron chi connectivity index (χ0n) is 11.5. The molecule has 1 saturated heterocycles. The second-order valence-electron chi connectivity index (χ2n) is 5.60. The predicted molar refractivity (Wildman–Crippen MR) is 73.1 cm³/mol. The van der Waals surface area contributed by atoms with E-state index in [2.05, 4.69) is 23.8 Å². The van der Waals surface area contributed by atoms with Gasteiger partial charge in [-0.15, -0.1) is 0 Å². The molecule has 0 spiro atoms. The summed E-state index contributed by atoms with van der Waals surface area (Å²) >= 11 is 0. The molecule has 4 nitrogen and oxygen atoms in total. The Balaban J connectivity index is 2.05. The van der Waals surface area contributed by atoms with Crippen molar-refractivity contribution in [3.8, 4) is 0 Å². The summed E-state index contributed by atoms with van der Waals surface area (Å²) in [6.45, 7) is 5.13. The summed E-state index contributed by atoms with van der Waals surface area (Å²) in [4.78, 5) is 17.0. The molecule has 18 heavy (non-hydrogen) atoms. The predicted octanol–water partition coefficient (Wildman–Crippen LogP) is 0.833. The van der Waals surface area contributed by atoms with E-state index in [0.29, 0.717) is 6.04 Å². The van der Waals surface area contributed by atoms with Crippen LogP contribution in [0.25, 0.3) is 0 Å². The van der Waals surface area contributed by atoms with Gasteiger partial charge in [-0.1, -0.05) is 19.1 Å². The fourth-order valence-electron chi connectivity index (χ4n) is 3.01. The molecule has 0 radical (unpaired) electrons. The fraction of sp³-hybridized carbons (Fsp3) is 0.786. The van der Waals surface area contributed by atoms with E-state index < -0.39 is 0 Å². The number of nitrogens with zero attached hydrogens (tertiary/aromatic N) is 2. The molecule has 0 aromatic rings. The number of likely N-dealkylation sites (N-methyl/N-ethyl adjacent to an activating group) is 1. The SMILES string of the molecule is CCC1CN(C)CCCN1C(=O)C1C=CC(N)C1. The molecule has 1 heterocycles. The fourth-order valence-corrected chi connectivity index (χ4v) is 3.01. The molecule has 0 saturated carbocycles. The molecular weight excluding hydrogens is 226 g/mol. The Bertz CT molecular complexity index is 329. The molecule has 3 unspecified atom stereocenters. The highest BCUT2D eigenvalue weighted by molar-refractivity contribution is 5.81. The smallest absolute Gasteiger partial charge is 0.229 e. The third-order valence-corrected chi connectivity index (χ3v) is 4.09. The number of hydrogen-bond acceptors (Lipinski definition) is 3. The second-order valence-corrected chi connectivity index (χ2v) is 5.60. The van der Waals surface area contributed by atoms with Crippen LogP contribution < -0.4 is 5.73 Å². The maximum atomic E-state index is 12.6. The number of nitrogens with two attached hydrogens (primary N) is 1. The lowest BCUT2D eigenvalue weighted by atomic mass is 10.0. The minimum atomic E-state index is 0.0115. The molecule has 1 aliphatic carbocycles. The monoisotopic (exact) mass is 251 g/mol. The zero-order valence-corrected chi connectivity index (χ0v) is 11.5. The Morgan fingerprint density at radius 3 is 2.78 bits per heavy atom. The van der Waals surface area contributed by atoms with Gasteiger partial charge < -0.3 is 15.5 Å².